The van der Waals surface area contributed by atoms with E-state index in [1.165, 1.54) is 4.88 Å². The summed E-state index contributed by atoms with van der Waals surface area (Å²) in [6.45, 7) is 3.53. The van der Waals surface area contributed by atoms with Gasteiger partial charge in [0.05, 0.1) is 13.2 Å². The molecule has 2 heterocycles. The Kier molecular flexibility index (Phi) is 6.65. The second-order valence-corrected chi connectivity index (χ2v) is 8.84. The van der Waals surface area contributed by atoms with Crippen molar-refractivity contribution in [2.24, 2.45) is 0 Å². The Morgan fingerprint density at radius 3 is 2.81 bits per heavy atom. The molecule has 2 aromatic rings. The van der Waals surface area contributed by atoms with Crippen LogP contribution >= 0.6 is 11.3 Å². The van der Waals surface area contributed by atoms with Crippen LogP contribution in [0.5, 0.6) is 11.5 Å². The first-order valence-electron chi connectivity index (χ1n) is 10.8. The fourth-order valence-electron chi connectivity index (χ4n) is 3.98. The van der Waals surface area contributed by atoms with Crippen molar-refractivity contribution in [1.29, 1.82) is 0 Å². The Balaban J connectivity index is 1.49. The lowest BCUT2D eigenvalue weighted by Crippen LogP contribution is -2.50. The van der Waals surface area contributed by atoms with E-state index in [0.29, 0.717) is 25.4 Å². The van der Waals surface area contributed by atoms with Crippen LogP contribution in [-0.4, -0.2) is 61.1 Å². The highest BCUT2D eigenvalue weighted by molar-refractivity contribution is 7.10. The number of hydrogen-bond acceptors (Lipinski definition) is 5. The van der Waals surface area contributed by atoms with E-state index < -0.39 is 0 Å². The average molecular weight is 444 g/mol. The number of thiophene rings is 1. The lowest BCUT2D eigenvalue weighted by Gasteiger charge is -2.37. The van der Waals surface area contributed by atoms with E-state index in [1.54, 1.807) is 23.3 Å². The van der Waals surface area contributed by atoms with Crippen molar-refractivity contribution in [3.05, 3.63) is 46.2 Å². The Bertz CT molecular complexity index is 927. The van der Waals surface area contributed by atoms with Crippen molar-refractivity contribution in [3.8, 4) is 11.5 Å². The number of nitrogens with one attached hydrogen (secondary N) is 1. The molecular formula is C23H29N3O4S. The quantitative estimate of drug-likeness (QED) is 0.678. The molecule has 1 saturated carbocycles. The molecule has 0 bridgehead atoms. The monoisotopic (exact) mass is 443 g/mol. The third kappa shape index (κ3) is 4.95. The summed E-state index contributed by atoms with van der Waals surface area (Å²) in [6, 6.07) is 9.40. The molecule has 7 nitrogen and oxygen atoms in total. The van der Waals surface area contributed by atoms with Crippen molar-refractivity contribution >= 4 is 23.3 Å². The van der Waals surface area contributed by atoms with Gasteiger partial charge in [0.2, 0.25) is 5.91 Å². The summed E-state index contributed by atoms with van der Waals surface area (Å²) in [5.74, 6) is 1.40. The molecule has 1 aliphatic heterocycles. The number of benzene rings is 1. The van der Waals surface area contributed by atoms with E-state index in [2.05, 4.69) is 16.8 Å². The van der Waals surface area contributed by atoms with Crippen molar-refractivity contribution in [2.75, 3.05) is 33.4 Å². The number of rotatable bonds is 8. The molecule has 0 radical (unpaired) electrons. The minimum absolute atomic E-state index is 0.0331. The molecule has 31 heavy (non-hydrogen) atoms. The summed E-state index contributed by atoms with van der Waals surface area (Å²) < 4.78 is 11.4. The SMILES string of the molecule is CCNC(=O)N(CC(=O)N1CCc2sccc2[C@H]1COc1cccc(OC)c1)C1CC1. The van der Waals surface area contributed by atoms with Crippen molar-refractivity contribution in [1.82, 2.24) is 15.1 Å². The molecule has 3 amide bonds. The molecule has 8 heteroatoms. The van der Waals surface area contributed by atoms with Gasteiger partial charge in [0, 0.05) is 30.1 Å². The fourth-order valence-corrected chi connectivity index (χ4v) is 4.91. The summed E-state index contributed by atoms with van der Waals surface area (Å²) in [7, 11) is 1.62. The zero-order valence-corrected chi connectivity index (χ0v) is 18.8. The second-order valence-electron chi connectivity index (χ2n) is 7.84. The molecule has 1 aromatic heterocycles. The van der Waals surface area contributed by atoms with Gasteiger partial charge in [-0.1, -0.05) is 6.07 Å². The van der Waals surface area contributed by atoms with E-state index in [0.717, 1.165) is 30.6 Å². The van der Waals surface area contributed by atoms with Gasteiger partial charge in [-0.2, -0.15) is 0 Å². The topological polar surface area (TPSA) is 71.1 Å². The van der Waals surface area contributed by atoms with Gasteiger partial charge in [0.15, 0.2) is 0 Å². The number of ether oxygens (including phenoxy) is 2. The highest BCUT2D eigenvalue weighted by atomic mass is 32.1. The lowest BCUT2D eigenvalue weighted by molar-refractivity contribution is -0.135. The molecular weight excluding hydrogens is 414 g/mol. The van der Waals surface area contributed by atoms with Gasteiger partial charge in [0.1, 0.15) is 24.7 Å². The normalized spacial score (nSPS) is 17.6. The van der Waals surface area contributed by atoms with E-state index in [-0.39, 0.29) is 30.6 Å². The largest absolute Gasteiger partial charge is 0.497 e. The minimum Gasteiger partial charge on any atom is -0.497 e. The Morgan fingerprint density at radius 1 is 1.26 bits per heavy atom. The van der Waals surface area contributed by atoms with Crippen LogP contribution in [0.4, 0.5) is 4.79 Å². The number of urea groups is 1. The zero-order valence-electron chi connectivity index (χ0n) is 18.0. The Morgan fingerprint density at radius 2 is 2.06 bits per heavy atom. The highest BCUT2D eigenvalue weighted by Crippen LogP contribution is 2.35. The van der Waals surface area contributed by atoms with Gasteiger partial charge < -0.3 is 24.6 Å². The summed E-state index contributed by atoms with van der Waals surface area (Å²) in [4.78, 5) is 30.7. The Hall–Kier alpha value is -2.74. The smallest absolute Gasteiger partial charge is 0.318 e. The van der Waals surface area contributed by atoms with Gasteiger partial charge in [-0.15, -0.1) is 11.3 Å². The van der Waals surface area contributed by atoms with E-state index in [4.69, 9.17) is 9.47 Å². The van der Waals surface area contributed by atoms with E-state index in [9.17, 15) is 9.59 Å². The molecule has 1 aliphatic carbocycles. The third-order valence-electron chi connectivity index (χ3n) is 5.75. The van der Waals surface area contributed by atoms with Crippen molar-refractivity contribution in [2.45, 2.75) is 38.3 Å². The molecule has 166 valence electrons. The van der Waals surface area contributed by atoms with Crippen LogP contribution in [0.25, 0.3) is 0 Å². The van der Waals surface area contributed by atoms with Crippen molar-refractivity contribution < 1.29 is 19.1 Å². The summed E-state index contributed by atoms with van der Waals surface area (Å²) in [5.41, 5.74) is 1.14. The second kappa shape index (κ2) is 9.60. The standard InChI is InChI=1S/C23H29N3O4S/c1-3-24-23(28)26(16-7-8-16)14-22(27)25-11-9-21-19(10-12-31-21)20(25)15-30-18-6-4-5-17(13-18)29-2/h4-6,10,12-13,16,20H,3,7-9,11,14-15H2,1-2H3,(H,24,28)/t20-/m1/s1. The average Bonchev–Trinajstić information content (AvgIpc) is 3.51. The van der Waals surface area contributed by atoms with Crippen LogP contribution in [-0.2, 0) is 11.2 Å². The molecule has 1 aromatic carbocycles. The third-order valence-corrected chi connectivity index (χ3v) is 6.74. The van der Waals surface area contributed by atoms with Crippen LogP contribution in [0, 0.1) is 0 Å². The first-order chi connectivity index (χ1) is 15.1. The predicted octanol–water partition coefficient (Wildman–Crippen LogP) is 3.46. The summed E-state index contributed by atoms with van der Waals surface area (Å²) in [5, 5.41) is 4.91. The van der Waals surface area contributed by atoms with Crippen LogP contribution in [0.2, 0.25) is 0 Å². The number of methoxy groups -OCH3 is 1. The molecule has 0 unspecified atom stereocenters. The first kappa shape index (κ1) is 21.5. The highest BCUT2D eigenvalue weighted by Gasteiger charge is 2.37. The molecule has 1 atom stereocenters. The number of fused-ring (bicyclic) bond motifs is 1. The molecule has 1 fully saturated rings. The predicted molar refractivity (Wildman–Crippen MR) is 120 cm³/mol. The minimum atomic E-state index is -0.177. The maximum absolute atomic E-state index is 13.3. The molecule has 4 rings (SSSR count). The zero-order chi connectivity index (χ0) is 21.8. The number of hydrogen-bond donors (Lipinski definition) is 1. The van der Waals surface area contributed by atoms with E-state index in [1.807, 2.05) is 36.1 Å². The van der Waals surface area contributed by atoms with Crippen molar-refractivity contribution in [3.63, 3.8) is 0 Å². The number of carbonyl (C=O) groups is 2. The maximum Gasteiger partial charge on any atom is 0.318 e. The van der Waals surface area contributed by atoms with Gasteiger partial charge in [0.25, 0.3) is 0 Å². The van der Waals surface area contributed by atoms with Gasteiger partial charge >= 0.3 is 6.03 Å². The maximum atomic E-state index is 13.3. The molecule has 0 saturated heterocycles. The van der Waals surface area contributed by atoms with Crippen LogP contribution in [0.3, 0.4) is 0 Å². The van der Waals surface area contributed by atoms with Crippen LogP contribution in [0.15, 0.2) is 35.7 Å². The molecule has 1 N–H and O–H groups in total. The molecule has 0 spiro atoms. The number of carbonyl (C=O) groups excluding carboxylic acids is 2. The summed E-state index contributed by atoms with van der Waals surface area (Å²) >= 11 is 1.72. The van der Waals surface area contributed by atoms with Crippen LogP contribution < -0.4 is 14.8 Å². The summed E-state index contributed by atoms with van der Waals surface area (Å²) in [6.07, 6.45) is 2.75. The fraction of sp³-hybridized carbons (Fsp3) is 0.478. The van der Waals surface area contributed by atoms with Gasteiger partial charge in [-0.05, 0) is 55.3 Å². The number of amides is 3. The first-order valence-corrected chi connectivity index (χ1v) is 11.7. The van der Waals surface area contributed by atoms with Gasteiger partial charge in [-0.25, -0.2) is 4.79 Å². The molecule has 2 aliphatic rings. The van der Waals surface area contributed by atoms with E-state index >= 15 is 0 Å². The number of nitrogens with zero attached hydrogens (tertiary/aromatic N) is 2. The lowest BCUT2D eigenvalue weighted by atomic mass is 10.0. The Labute approximate surface area is 186 Å². The van der Waals surface area contributed by atoms with Crippen LogP contribution in [0.1, 0.15) is 36.2 Å². The van der Waals surface area contributed by atoms with Gasteiger partial charge in [-0.3, -0.25) is 4.79 Å².